The van der Waals surface area contributed by atoms with Gasteiger partial charge < -0.3 is 5.11 Å². The van der Waals surface area contributed by atoms with E-state index < -0.39 is 22.0 Å². The minimum Gasteiger partial charge on any atom is -0.481 e. The van der Waals surface area contributed by atoms with E-state index in [1.54, 1.807) is 0 Å². The van der Waals surface area contributed by atoms with Crippen LogP contribution in [0.4, 0.5) is 0 Å². The lowest BCUT2D eigenvalue weighted by Gasteiger charge is -2.33. The molecule has 1 atom stereocenters. The number of carboxylic acid groups (broad SMARTS) is 1. The maximum Gasteiger partial charge on any atom is 0.304 e. The zero-order valence-corrected chi connectivity index (χ0v) is 12.5. The van der Waals surface area contributed by atoms with E-state index in [9.17, 15) is 13.2 Å². The van der Waals surface area contributed by atoms with Crippen LogP contribution in [0.5, 0.6) is 0 Å². The molecular formula is C11H14ClNO4S2. The third-order valence-electron chi connectivity index (χ3n) is 3.09. The summed E-state index contributed by atoms with van der Waals surface area (Å²) in [4.78, 5) is 10.8. The Bertz CT molecular complexity index is 569. The van der Waals surface area contributed by atoms with Gasteiger partial charge in [-0.3, -0.25) is 4.79 Å². The van der Waals surface area contributed by atoms with Gasteiger partial charge in [-0.1, -0.05) is 18.0 Å². The van der Waals surface area contributed by atoms with E-state index in [0.717, 1.165) is 24.2 Å². The number of hydrogen-bond donors (Lipinski definition) is 1. The van der Waals surface area contributed by atoms with E-state index in [1.165, 1.54) is 16.4 Å². The predicted molar refractivity (Wildman–Crippen MR) is 73.1 cm³/mol. The summed E-state index contributed by atoms with van der Waals surface area (Å²) in [5.74, 6) is -0.976. The number of nitrogens with zero attached hydrogens (tertiary/aromatic N) is 1. The average Bonchev–Trinajstić information content (AvgIpc) is 2.76. The van der Waals surface area contributed by atoms with Gasteiger partial charge in [-0.05, 0) is 25.0 Å². The van der Waals surface area contributed by atoms with E-state index in [2.05, 4.69) is 0 Å². The highest BCUT2D eigenvalue weighted by Crippen LogP contribution is 2.32. The number of piperidine rings is 1. The molecule has 19 heavy (non-hydrogen) atoms. The zero-order chi connectivity index (χ0) is 14.0. The lowest BCUT2D eigenvalue weighted by molar-refractivity contribution is -0.138. The first kappa shape index (κ1) is 14.8. The molecule has 0 saturated carbocycles. The van der Waals surface area contributed by atoms with Crippen molar-refractivity contribution in [2.45, 2.75) is 35.9 Å². The van der Waals surface area contributed by atoms with Gasteiger partial charge in [0.1, 0.15) is 4.21 Å². The van der Waals surface area contributed by atoms with Gasteiger partial charge in [-0.15, -0.1) is 11.3 Å². The van der Waals surface area contributed by atoms with Crippen molar-refractivity contribution in [1.29, 1.82) is 0 Å². The maximum absolute atomic E-state index is 12.5. The molecule has 1 saturated heterocycles. The molecule has 106 valence electrons. The molecule has 1 unspecified atom stereocenters. The number of aliphatic carboxylic acids is 1. The molecule has 5 nitrogen and oxygen atoms in total. The monoisotopic (exact) mass is 323 g/mol. The van der Waals surface area contributed by atoms with Crippen LogP contribution in [-0.2, 0) is 14.8 Å². The van der Waals surface area contributed by atoms with Crippen molar-refractivity contribution < 1.29 is 18.3 Å². The van der Waals surface area contributed by atoms with E-state index in [1.807, 2.05) is 0 Å². The van der Waals surface area contributed by atoms with Gasteiger partial charge in [-0.2, -0.15) is 4.31 Å². The lowest BCUT2D eigenvalue weighted by Crippen LogP contribution is -2.44. The van der Waals surface area contributed by atoms with Crippen LogP contribution in [-0.4, -0.2) is 36.4 Å². The Balaban J connectivity index is 2.28. The van der Waals surface area contributed by atoms with Crippen molar-refractivity contribution in [2.75, 3.05) is 6.54 Å². The fraction of sp³-hybridized carbons (Fsp3) is 0.545. The lowest BCUT2D eigenvalue weighted by atomic mass is 10.0. The Morgan fingerprint density at radius 2 is 2.21 bits per heavy atom. The molecular weight excluding hydrogens is 310 g/mol. The molecule has 1 aliphatic heterocycles. The summed E-state index contributed by atoms with van der Waals surface area (Å²) in [6.07, 6.45) is 2.05. The highest BCUT2D eigenvalue weighted by molar-refractivity contribution is 7.91. The molecule has 1 fully saturated rings. The standard InChI is InChI=1S/C11H14ClNO4S2/c12-9-4-5-11(18-9)19(16,17)13-6-2-1-3-8(13)7-10(14)15/h4-5,8H,1-3,6-7H2,(H,14,15). The van der Waals surface area contributed by atoms with E-state index >= 15 is 0 Å². The van der Waals surface area contributed by atoms with Gasteiger partial charge in [0.2, 0.25) is 0 Å². The van der Waals surface area contributed by atoms with Crippen LogP contribution in [0.1, 0.15) is 25.7 Å². The fourth-order valence-electron chi connectivity index (χ4n) is 2.25. The molecule has 8 heteroatoms. The summed E-state index contributed by atoms with van der Waals surface area (Å²) in [6.45, 7) is 0.371. The van der Waals surface area contributed by atoms with Crippen molar-refractivity contribution in [3.8, 4) is 0 Å². The SMILES string of the molecule is O=C(O)CC1CCCCN1S(=O)(=O)c1ccc(Cl)s1. The molecule has 0 aliphatic carbocycles. The second-order valence-corrected chi connectivity index (χ2v) is 8.25. The van der Waals surface area contributed by atoms with Crippen molar-refractivity contribution >= 4 is 38.9 Å². The number of halogens is 1. The summed E-state index contributed by atoms with van der Waals surface area (Å²) in [5.41, 5.74) is 0. The van der Waals surface area contributed by atoms with E-state index in [-0.39, 0.29) is 10.6 Å². The first-order valence-electron chi connectivity index (χ1n) is 5.90. The summed E-state index contributed by atoms with van der Waals surface area (Å²) in [6, 6.07) is 2.54. The van der Waals surface area contributed by atoms with Crippen LogP contribution >= 0.6 is 22.9 Å². The zero-order valence-electron chi connectivity index (χ0n) is 10.1. The van der Waals surface area contributed by atoms with Gasteiger partial charge in [-0.25, -0.2) is 8.42 Å². The second kappa shape index (κ2) is 5.78. The largest absolute Gasteiger partial charge is 0.481 e. The predicted octanol–water partition coefficient (Wildman–Crippen LogP) is 2.42. The Kier molecular flexibility index (Phi) is 4.50. The molecule has 0 aromatic carbocycles. The summed E-state index contributed by atoms with van der Waals surface area (Å²) in [7, 11) is -3.63. The molecule has 1 aromatic rings. The van der Waals surface area contributed by atoms with Crippen molar-refractivity contribution in [2.24, 2.45) is 0 Å². The maximum atomic E-state index is 12.5. The Labute approximate surface area is 120 Å². The molecule has 1 aliphatic rings. The van der Waals surface area contributed by atoms with Gasteiger partial charge in [0.05, 0.1) is 10.8 Å². The topological polar surface area (TPSA) is 74.7 Å². The van der Waals surface area contributed by atoms with Gasteiger partial charge in [0.25, 0.3) is 10.0 Å². The molecule has 2 heterocycles. The first-order chi connectivity index (χ1) is 8.91. The quantitative estimate of drug-likeness (QED) is 0.923. The summed E-state index contributed by atoms with van der Waals surface area (Å²) >= 11 is 6.77. The van der Waals surface area contributed by atoms with Crippen LogP contribution in [0.3, 0.4) is 0 Å². The highest BCUT2D eigenvalue weighted by Gasteiger charge is 2.35. The fourth-order valence-corrected chi connectivity index (χ4v) is 5.55. The van der Waals surface area contributed by atoms with Crippen LogP contribution in [0.15, 0.2) is 16.3 Å². The van der Waals surface area contributed by atoms with Gasteiger partial charge >= 0.3 is 5.97 Å². The van der Waals surface area contributed by atoms with Crippen LogP contribution in [0, 0.1) is 0 Å². The third-order valence-corrected chi connectivity index (χ3v) is 6.75. The number of thiophene rings is 1. The van der Waals surface area contributed by atoms with Crippen molar-refractivity contribution in [3.63, 3.8) is 0 Å². The summed E-state index contributed by atoms with van der Waals surface area (Å²) in [5, 5.41) is 8.88. The van der Waals surface area contributed by atoms with Crippen molar-refractivity contribution in [3.05, 3.63) is 16.5 Å². The molecule has 0 amide bonds. The molecule has 0 bridgehead atoms. The van der Waals surface area contributed by atoms with Gasteiger partial charge in [0.15, 0.2) is 0 Å². The Morgan fingerprint density at radius 3 is 2.79 bits per heavy atom. The minimum absolute atomic E-state index is 0.154. The smallest absolute Gasteiger partial charge is 0.304 e. The van der Waals surface area contributed by atoms with Crippen LogP contribution in [0.25, 0.3) is 0 Å². The van der Waals surface area contributed by atoms with E-state index in [4.69, 9.17) is 16.7 Å². The number of carbonyl (C=O) groups is 1. The number of sulfonamides is 1. The highest BCUT2D eigenvalue weighted by atomic mass is 35.5. The molecule has 1 N–H and O–H groups in total. The van der Waals surface area contributed by atoms with Crippen LogP contribution < -0.4 is 0 Å². The Morgan fingerprint density at radius 1 is 1.47 bits per heavy atom. The summed E-state index contributed by atoms with van der Waals surface area (Å²) < 4.78 is 26.9. The normalized spacial score (nSPS) is 21.4. The van der Waals surface area contributed by atoms with Crippen LogP contribution in [0.2, 0.25) is 4.34 Å². The second-order valence-electron chi connectivity index (χ2n) is 4.42. The number of hydrogen-bond acceptors (Lipinski definition) is 4. The minimum atomic E-state index is -3.63. The first-order valence-corrected chi connectivity index (χ1v) is 8.53. The molecule has 2 rings (SSSR count). The molecule has 0 radical (unpaired) electrons. The third kappa shape index (κ3) is 3.28. The molecule has 1 aromatic heterocycles. The molecule has 0 spiro atoms. The number of rotatable bonds is 4. The van der Waals surface area contributed by atoms with E-state index in [0.29, 0.717) is 17.3 Å². The number of carboxylic acids is 1. The van der Waals surface area contributed by atoms with Crippen molar-refractivity contribution in [1.82, 2.24) is 4.31 Å². The van der Waals surface area contributed by atoms with Gasteiger partial charge in [0, 0.05) is 12.6 Å². The average molecular weight is 324 g/mol. The Hall–Kier alpha value is -0.630.